The quantitative estimate of drug-likeness (QED) is 0.926. The first-order valence-electron chi connectivity index (χ1n) is 6.58. The van der Waals surface area contributed by atoms with Crippen molar-refractivity contribution in [3.63, 3.8) is 0 Å². The molecule has 2 fully saturated rings. The molecule has 2 aliphatic rings. The number of aryl methyl sites for hydroxylation is 1. The second-order valence-electron chi connectivity index (χ2n) is 5.54. The molecule has 0 aromatic carbocycles. The molecule has 0 radical (unpaired) electrons. The Morgan fingerprint density at radius 2 is 2.06 bits per heavy atom. The molecule has 2 aliphatic heterocycles. The molecule has 2 unspecified atom stereocenters. The summed E-state index contributed by atoms with van der Waals surface area (Å²) in [4.78, 5) is 7.06. The molecule has 5 heteroatoms. The van der Waals surface area contributed by atoms with E-state index in [0.29, 0.717) is 0 Å². The number of piperidine rings is 1. The summed E-state index contributed by atoms with van der Waals surface area (Å²) >= 11 is 1.76. The summed E-state index contributed by atoms with van der Waals surface area (Å²) in [5.74, 6) is 0. The van der Waals surface area contributed by atoms with Gasteiger partial charge in [-0.25, -0.2) is 4.98 Å². The summed E-state index contributed by atoms with van der Waals surface area (Å²) in [7, 11) is 2.25. The first kappa shape index (κ1) is 14.3. The molecule has 3 nitrogen and oxygen atoms in total. The lowest BCUT2D eigenvalue weighted by molar-refractivity contribution is 0.164. The number of aromatic nitrogens is 1. The Kier molecular flexibility index (Phi) is 4.64. The Morgan fingerprint density at radius 3 is 2.61 bits per heavy atom. The summed E-state index contributed by atoms with van der Waals surface area (Å²) < 4.78 is 0. The monoisotopic (exact) mass is 287 g/mol. The molecule has 0 saturated carbocycles. The summed E-state index contributed by atoms with van der Waals surface area (Å²) in [6.07, 6.45) is 5.39. The van der Waals surface area contributed by atoms with E-state index in [9.17, 15) is 0 Å². The van der Waals surface area contributed by atoms with Gasteiger partial charge in [-0.15, -0.1) is 23.7 Å². The fraction of sp³-hybridized carbons (Fsp3) is 0.769. The van der Waals surface area contributed by atoms with Crippen LogP contribution in [0.15, 0.2) is 5.38 Å². The Balaban J connectivity index is 0.00000120. The lowest BCUT2D eigenvalue weighted by Gasteiger charge is -2.35. The van der Waals surface area contributed by atoms with E-state index in [1.54, 1.807) is 11.3 Å². The van der Waals surface area contributed by atoms with Crippen molar-refractivity contribution < 1.29 is 0 Å². The zero-order valence-corrected chi connectivity index (χ0v) is 12.7. The summed E-state index contributed by atoms with van der Waals surface area (Å²) in [5.41, 5.74) is 1.24. The van der Waals surface area contributed by atoms with Gasteiger partial charge in [-0.1, -0.05) is 0 Å². The van der Waals surface area contributed by atoms with Crippen LogP contribution in [-0.4, -0.2) is 35.1 Å². The van der Waals surface area contributed by atoms with E-state index in [0.717, 1.165) is 24.7 Å². The van der Waals surface area contributed by atoms with Crippen LogP contribution >= 0.6 is 23.7 Å². The van der Waals surface area contributed by atoms with Gasteiger partial charge in [0, 0.05) is 30.1 Å². The first-order valence-corrected chi connectivity index (χ1v) is 7.46. The molecule has 3 heterocycles. The smallest absolute Gasteiger partial charge is 0.0897 e. The zero-order valence-electron chi connectivity index (χ0n) is 11.1. The third kappa shape index (κ3) is 3.05. The largest absolute Gasteiger partial charge is 0.311 e. The van der Waals surface area contributed by atoms with Crippen LogP contribution in [0.25, 0.3) is 0 Å². The van der Waals surface area contributed by atoms with Gasteiger partial charge in [-0.2, -0.15) is 0 Å². The van der Waals surface area contributed by atoms with Crippen molar-refractivity contribution in [3.8, 4) is 0 Å². The SMILES string of the molecule is Cc1nc(CN(C)C2CC3CCC(C2)N3)cs1.Cl. The maximum atomic E-state index is 4.56. The molecule has 0 spiro atoms. The zero-order chi connectivity index (χ0) is 11.8. The number of halogens is 1. The third-order valence-electron chi connectivity index (χ3n) is 4.15. The normalized spacial score (nSPS) is 30.5. The van der Waals surface area contributed by atoms with Crippen molar-refractivity contribution in [1.29, 1.82) is 0 Å². The van der Waals surface area contributed by atoms with E-state index in [1.807, 2.05) is 0 Å². The van der Waals surface area contributed by atoms with Gasteiger partial charge < -0.3 is 5.32 Å². The standard InChI is InChI=1S/C13H21N3S.ClH/c1-9-14-12(8-17-9)7-16(2)13-5-10-3-4-11(6-13)15-10;/h8,10-11,13,15H,3-7H2,1-2H3;1H. The highest BCUT2D eigenvalue weighted by Crippen LogP contribution is 2.29. The van der Waals surface area contributed by atoms with Crippen LogP contribution in [0.2, 0.25) is 0 Å². The van der Waals surface area contributed by atoms with Gasteiger partial charge in [0.05, 0.1) is 10.7 Å². The molecule has 18 heavy (non-hydrogen) atoms. The summed E-state index contributed by atoms with van der Waals surface area (Å²) in [6, 6.07) is 2.30. The second-order valence-corrected chi connectivity index (χ2v) is 6.60. The number of nitrogens with one attached hydrogen (secondary N) is 1. The maximum absolute atomic E-state index is 4.56. The molecule has 2 saturated heterocycles. The molecular formula is C13H22ClN3S. The summed E-state index contributed by atoms with van der Waals surface area (Å²) in [5, 5.41) is 7.08. The maximum Gasteiger partial charge on any atom is 0.0897 e. The van der Waals surface area contributed by atoms with Gasteiger partial charge >= 0.3 is 0 Å². The van der Waals surface area contributed by atoms with Crippen LogP contribution in [-0.2, 0) is 6.54 Å². The number of thiazole rings is 1. The van der Waals surface area contributed by atoms with Gasteiger partial charge in [0.25, 0.3) is 0 Å². The van der Waals surface area contributed by atoms with Crippen molar-refractivity contribution in [3.05, 3.63) is 16.1 Å². The highest BCUT2D eigenvalue weighted by Gasteiger charge is 2.34. The number of fused-ring (bicyclic) bond motifs is 2. The van der Waals surface area contributed by atoms with E-state index >= 15 is 0 Å². The molecule has 2 bridgehead atoms. The average Bonchev–Trinajstić information content (AvgIpc) is 2.85. The van der Waals surface area contributed by atoms with Crippen LogP contribution in [0, 0.1) is 6.92 Å². The molecule has 1 aromatic rings. The third-order valence-corrected chi connectivity index (χ3v) is 4.97. The second kappa shape index (κ2) is 5.87. The number of hydrogen-bond acceptors (Lipinski definition) is 4. The Hall–Kier alpha value is -0.160. The predicted octanol–water partition coefficient (Wildman–Crippen LogP) is 2.59. The van der Waals surface area contributed by atoms with Crippen molar-refractivity contribution in [2.24, 2.45) is 0 Å². The van der Waals surface area contributed by atoms with Crippen LogP contribution in [0.1, 0.15) is 36.4 Å². The van der Waals surface area contributed by atoms with Crippen LogP contribution in [0.5, 0.6) is 0 Å². The lowest BCUT2D eigenvalue weighted by atomic mass is 9.98. The van der Waals surface area contributed by atoms with Crippen LogP contribution in [0.3, 0.4) is 0 Å². The molecule has 0 amide bonds. The minimum atomic E-state index is 0. The van der Waals surface area contributed by atoms with E-state index in [4.69, 9.17) is 0 Å². The molecule has 2 atom stereocenters. The highest BCUT2D eigenvalue weighted by atomic mass is 35.5. The van der Waals surface area contributed by atoms with E-state index < -0.39 is 0 Å². The Bertz CT molecular complexity index is 383. The minimum Gasteiger partial charge on any atom is -0.311 e. The van der Waals surface area contributed by atoms with Gasteiger partial charge in [-0.05, 0) is 39.7 Å². The molecule has 3 rings (SSSR count). The molecular weight excluding hydrogens is 266 g/mol. The first-order chi connectivity index (χ1) is 8.20. The highest BCUT2D eigenvalue weighted by molar-refractivity contribution is 7.09. The van der Waals surface area contributed by atoms with Crippen molar-refractivity contribution >= 4 is 23.7 Å². The van der Waals surface area contributed by atoms with Gasteiger partial charge in [0.1, 0.15) is 0 Å². The summed E-state index contributed by atoms with van der Waals surface area (Å²) in [6.45, 7) is 3.09. The molecule has 102 valence electrons. The fourth-order valence-electron chi connectivity index (χ4n) is 3.25. The average molecular weight is 288 g/mol. The predicted molar refractivity (Wildman–Crippen MR) is 78.5 cm³/mol. The molecule has 1 aromatic heterocycles. The van der Waals surface area contributed by atoms with Gasteiger partial charge in [0.2, 0.25) is 0 Å². The van der Waals surface area contributed by atoms with Crippen LogP contribution in [0.4, 0.5) is 0 Å². The minimum absolute atomic E-state index is 0. The van der Waals surface area contributed by atoms with Crippen molar-refractivity contribution in [1.82, 2.24) is 15.2 Å². The Morgan fingerprint density at radius 1 is 1.39 bits per heavy atom. The van der Waals surface area contributed by atoms with Crippen molar-refractivity contribution in [2.75, 3.05) is 7.05 Å². The molecule has 0 aliphatic carbocycles. The van der Waals surface area contributed by atoms with Gasteiger partial charge in [0.15, 0.2) is 0 Å². The Labute approximate surface area is 119 Å². The van der Waals surface area contributed by atoms with Crippen molar-refractivity contribution in [2.45, 2.75) is 57.3 Å². The van der Waals surface area contributed by atoms with Gasteiger partial charge in [-0.3, -0.25) is 4.90 Å². The number of hydrogen-bond donors (Lipinski definition) is 1. The van der Waals surface area contributed by atoms with E-state index in [1.165, 1.54) is 36.4 Å². The molecule has 1 N–H and O–H groups in total. The van der Waals surface area contributed by atoms with Crippen LogP contribution < -0.4 is 5.32 Å². The lowest BCUT2D eigenvalue weighted by Crippen LogP contribution is -2.46. The fourth-order valence-corrected chi connectivity index (χ4v) is 3.86. The number of nitrogens with zero attached hydrogens (tertiary/aromatic N) is 2. The van der Waals surface area contributed by atoms with E-state index in [2.05, 4.69) is 34.6 Å². The van der Waals surface area contributed by atoms with E-state index in [-0.39, 0.29) is 12.4 Å². The topological polar surface area (TPSA) is 28.2 Å². The number of rotatable bonds is 3.